The third-order valence-electron chi connectivity index (χ3n) is 2.90. The van der Waals surface area contributed by atoms with Crippen LogP contribution in [0.15, 0.2) is 42.5 Å². The topological polar surface area (TPSA) is 105 Å². The number of ether oxygens (including phenoxy) is 2. The van der Waals surface area contributed by atoms with E-state index < -0.39 is 9.85 Å². The van der Waals surface area contributed by atoms with Gasteiger partial charge in [-0.1, -0.05) is 6.07 Å². The van der Waals surface area contributed by atoms with Gasteiger partial charge in [0.15, 0.2) is 0 Å². The van der Waals surface area contributed by atoms with E-state index >= 15 is 0 Å². The Morgan fingerprint density at radius 3 is 2.32 bits per heavy atom. The van der Waals surface area contributed by atoms with Crippen LogP contribution in [-0.2, 0) is 6.61 Å². The first-order chi connectivity index (χ1) is 10.5. The number of non-ortho nitro benzene ring substituents is 2. The van der Waals surface area contributed by atoms with Gasteiger partial charge in [0, 0.05) is 23.8 Å². The molecule has 0 unspecified atom stereocenters. The Bertz CT molecular complexity index is 716. The monoisotopic (exact) mass is 304 g/mol. The minimum Gasteiger partial charge on any atom is -0.496 e. The Kier molecular flexibility index (Phi) is 4.52. The van der Waals surface area contributed by atoms with Crippen LogP contribution in [0.4, 0.5) is 11.4 Å². The molecule has 22 heavy (non-hydrogen) atoms. The van der Waals surface area contributed by atoms with Gasteiger partial charge in [0.1, 0.15) is 18.1 Å². The molecule has 2 rings (SSSR count). The normalized spacial score (nSPS) is 10.0. The zero-order valence-electron chi connectivity index (χ0n) is 11.6. The van der Waals surface area contributed by atoms with E-state index in [4.69, 9.17) is 9.47 Å². The number of nitro groups is 2. The number of methoxy groups -OCH3 is 1. The molecule has 0 aromatic heterocycles. The van der Waals surface area contributed by atoms with E-state index in [9.17, 15) is 20.2 Å². The molecule has 0 aliphatic carbocycles. The van der Waals surface area contributed by atoms with Crippen LogP contribution in [0.25, 0.3) is 0 Å². The van der Waals surface area contributed by atoms with Crippen LogP contribution in [-0.4, -0.2) is 17.0 Å². The minimum atomic E-state index is -0.527. The lowest BCUT2D eigenvalue weighted by atomic mass is 10.2. The van der Waals surface area contributed by atoms with Gasteiger partial charge in [0.2, 0.25) is 0 Å². The summed E-state index contributed by atoms with van der Waals surface area (Å²) in [6, 6.07) is 9.84. The molecular weight excluding hydrogens is 292 g/mol. The third kappa shape index (κ3) is 3.48. The van der Waals surface area contributed by atoms with Crippen molar-refractivity contribution in [2.45, 2.75) is 6.61 Å². The molecule has 0 spiro atoms. The van der Waals surface area contributed by atoms with E-state index in [0.717, 1.165) is 0 Å². The number of benzene rings is 2. The first-order valence-electron chi connectivity index (χ1n) is 6.20. The van der Waals surface area contributed by atoms with Gasteiger partial charge in [-0.25, -0.2) is 0 Å². The molecule has 0 N–H and O–H groups in total. The summed E-state index contributed by atoms with van der Waals surface area (Å²) < 4.78 is 10.6. The van der Waals surface area contributed by atoms with Crippen molar-refractivity contribution >= 4 is 11.4 Å². The molecule has 8 nitrogen and oxygen atoms in total. The van der Waals surface area contributed by atoms with Crippen LogP contribution in [0, 0.1) is 20.2 Å². The van der Waals surface area contributed by atoms with Gasteiger partial charge in [0.25, 0.3) is 11.4 Å². The maximum atomic E-state index is 10.8. The molecule has 0 radical (unpaired) electrons. The standard InChI is InChI=1S/C14H12N2O6/c1-21-14-6-5-12(16(19)20)7-10(14)9-22-13-4-2-3-11(8-13)15(17)18/h2-8H,9H2,1H3. The van der Waals surface area contributed by atoms with Gasteiger partial charge < -0.3 is 9.47 Å². The summed E-state index contributed by atoms with van der Waals surface area (Å²) >= 11 is 0. The lowest BCUT2D eigenvalue weighted by Gasteiger charge is -2.10. The van der Waals surface area contributed by atoms with Crippen molar-refractivity contribution in [3.8, 4) is 11.5 Å². The first kappa shape index (κ1) is 15.2. The molecule has 0 amide bonds. The second-order valence-corrected chi connectivity index (χ2v) is 4.30. The molecule has 114 valence electrons. The second kappa shape index (κ2) is 6.53. The van der Waals surface area contributed by atoms with Crippen LogP contribution < -0.4 is 9.47 Å². The summed E-state index contributed by atoms with van der Waals surface area (Å²) in [6.45, 7) is -0.00792. The van der Waals surface area contributed by atoms with Crippen LogP contribution in [0.2, 0.25) is 0 Å². The van der Waals surface area contributed by atoms with E-state index in [1.165, 1.54) is 43.5 Å². The molecule has 0 heterocycles. The Morgan fingerprint density at radius 1 is 1.00 bits per heavy atom. The lowest BCUT2D eigenvalue weighted by Crippen LogP contribution is -2.00. The number of hydrogen-bond acceptors (Lipinski definition) is 6. The van der Waals surface area contributed by atoms with Crippen molar-refractivity contribution in [1.82, 2.24) is 0 Å². The summed E-state index contributed by atoms with van der Waals surface area (Å²) in [7, 11) is 1.44. The fraction of sp³-hybridized carbons (Fsp3) is 0.143. The van der Waals surface area contributed by atoms with E-state index in [0.29, 0.717) is 17.1 Å². The van der Waals surface area contributed by atoms with Crippen molar-refractivity contribution in [3.63, 3.8) is 0 Å². The summed E-state index contributed by atoms with van der Waals surface area (Å²) in [5.41, 5.74) is 0.296. The maximum Gasteiger partial charge on any atom is 0.273 e. The minimum absolute atomic E-state index is 0.00792. The average Bonchev–Trinajstić information content (AvgIpc) is 2.52. The fourth-order valence-electron chi connectivity index (χ4n) is 1.84. The van der Waals surface area contributed by atoms with Gasteiger partial charge in [-0.05, 0) is 12.1 Å². The highest BCUT2D eigenvalue weighted by atomic mass is 16.6. The highest BCUT2D eigenvalue weighted by Gasteiger charge is 2.13. The Balaban J connectivity index is 2.20. The highest BCUT2D eigenvalue weighted by molar-refractivity contribution is 5.44. The van der Waals surface area contributed by atoms with Gasteiger partial charge in [-0.15, -0.1) is 0 Å². The maximum absolute atomic E-state index is 10.8. The summed E-state index contributed by atoms with van der Waals surface area (Å²) in [4.78, 5) is 20.5. The van der Waals surface area contributed by atoms with Gasteiger partial charge in [0.05, 0.1) is 23.0 Å². The SMILES string of the molecule is COc1ccc([N+](=O)[O-])cc1COc1cccc([N+](=O)[O-])c1. The van der Waals surface area contributed by atoms with Crippen LogP contribution in [0.3, 0.4) is 0 Å². The third-order valence-corrected chi connectivity index (χ3v) is 2.90. The van der Waals surface area contributed by atoms with Crippen molar-refractivity contribution in [2.24, 2.45) is 0 Å². The predicted octanol–water partition coefficient (Wildman–Crippen LogP) is 3.09. The lowest BCUT2D eigenvalue weighted by molar-refractivity contribution is -0.385. The van der Waals surface area contributed by atoms with Crippen molar-refractivity contribution < 1.29 is 19.3 Å². The quantitative estimate of drug-likeness (QED) is 0.599. The largest absolute Gasteiger partial charge is 0.496 e. The molecule has 8 heteroatoms. The van der Waals surface area contributed by atoms with E-state index in [2.05, 4.69) is 0 Å². The summed E-state index contributed by atoms with van der Waals surface area (Å²) in [5.74, 6) is 0.735. The smallest absolute Gasteiger partial charge is 0.273 e. The highest BCUT2D eigenvalue weighted by Crippen LogP contribution is 2.26. The molecule has 2 aromatic rings. The predicted molar refractivity (Wildman–Crippen MR) is 77.1 cm³/mol. The molecule has 0 saturated carbocycles. The molecule has 0 aliphatic rings. The number of hydrogen-bond donors (Lipinski definition) is 0. The Morgan fingerprint density at radius 2 is 1.68 bits per heavy atom. The second-order valence-electron chi connectivity index (χ2n) is 4.30. The number of nitro benzene ring substituents is 2. The molecule has 2 aromatic carbocycles. The number of nitrogens with zero attached hydrogens (tertiary/aromatic N) is 2. The van der Waals surface area contributed by atoms with Crippen LogP contribution in [0.5, 0.6) is 11.5 Å². The first-order valence-corrected chi connectivity index (χ1v) is 6.20. The molecule has 0 fully saturated rings. The fourth-order valence-corrected chi connectivity index (χ4v) is 1.84. The molecular formula is C14H12N2O6. The van der Waals surface area contributed by atoms with Gasteiger partial charge in [-0.3, -0.25) is 20.2 Å². The average molecular weight is 304 g/mol. The summed E-state index contributed by atoms with van der Waals surface area (Å²) in [5, 5.41) is 21.5. The molecule has 0 saturated heterocycles. The van der Waals surface area contributed by atoms with E-state index in [1.807, 2.05) is 0 Å². The molecule has 0 atom stereocenters. The Labute approximate surface area is 125 Å². The van der Waals surface area contributed by atoms with Gasteiger partial charge in [-0.2, -0.15) is 0 Å². The van der Waals surface area contributed by atoms with Crippen molar-refractivity contribution in [2.75, 3.05) is 7.11 Å². The molecule has 0 aliphatic heterocycles. The zero-order valence-corrected chi connectivity index (χ0v) is 11.6. The number of rotatable bonds is 6. The van der Waals surface area contributed by atoms with Crippen molar-refractivity contribution in [1.29, 1.82) is 0 Å². The van der Waals surface area contributed by atoms with Gasteiger partial charge >= 0.3 is 0 Å². The Hall–Kier alpha value is -3.16. The molecule has 0 bridgehead atoms. The van der Waals surface area contributed by atoms with E-state index in [-0.39, 0.29) is 18.0 Å². The van der Waals surface area contributed by atoms with E-state index in [1.54, 1.807) is 6.07 Å². The van der Waals surface area contributed by atoms with Crippen LogP contribution in [0.1, 0.15) is 5.56 Å². The zero-order chi connectivity index (χ0) is 16.1. The van der Waals surface area contributed by atoms with Crippen molar-refractivity contribution in [3.05, 3.63) is 68.3 Å². The van der Waals surface area contributed by atoms with Crippen LogP contribution >= 0.6 is 0 Å². The summed E-state index contributed by atoms with van der Waals surface area (Å²) in [6.07, 6.45) is 0.